The van der Waals surface area contributed by atoms with Gasteiger partial charge in [0.1, 0.15) is 0 Å². The molecule has 6 heteroatoms. The van der Waals surface area contributed by atoms with Crippen LogP contribution in [0.15, 0.2) is 30.3 Å². The Balaban J connectivity index is 0.00000144. The summed E-state index contributed by atoms with van der Waals surface area (Å²) in [6, 6.07) is 10.1. The molecule has 2 aromatic rings. The maximum absolute atomic E-state index is 13.1. The first kappa shape index (κ1) is 25.3. The van der Waals surface area contributed by atoms with Gasteiger partial charge < -0.3 is 10.6 Å². The van der Waals surface area contributed by atoms with E-state index in [0.29, 0.717) is 5.41 Å². The van der Waals surface area contributed by atoms with Crippen molar-refractivity contribution in [3.63, 3.8) is 0 Å². The smallest absolute Gasteiger partial charge is 0.251 e. The Labute approximate surface area is 204 Å². The van der Waals surface area contributed by atoms with Gasteiger partial charge in [0.25, 0.3) is 5.91 Å². The molecule has 32 heavy (non-hydrogen) atoms. The Hall–Kier alpha value is -1.36. The predicted molar refractivity (Wildman–Crippen MR) is 136 cm³/mol. The van der Waals surface area contributed by atoms with Crippen LogP contribution in [0.3, 0.4) is 0 Å². The highest BCUT2D eigenvalue weighted by Gasteiger charge is 2.50. The van der Waals surface area contributed by atoms with E-state index in [-0.39, 0.29) is 30.7 Å². The largest absolute Gasteiger partial charge is 0.351 e. The molecule has 0 atom stereocenters. The maximum atomic E-state index is 13.1. The van der Waals surface area contributed by atoms with Crippen molar-refractivity contribution in [3.8, 4) is 0 Å². The predicted octanol–water partition coefficient (Wildman–Crippen LogP) is 5.57. The minimum Gasteiger partial charge on any atom is -0.351 e. The number of aromatic nitrogens is 1. The average Bonchev–Trinajstić information content (AvgIpc) is 2.73. The minimum absolute atomic E-state index is 0. The van der Waals surface area contributed by atoms with Gasteiger partial charge >= 0.3 is 0 Å². The molecule has 0 radical (unpaired) electrons. The fourth-order valence-electron chi connectivity index (χ4n) is 6.98. The third-order valence-electron chi connectivity index (χ3n) is 7.86. The number of aryl methyl sites for hydroxylation is 1. The summed E-state index contributed by atoms with van der Waals surface area (Å²) in [5, 5.41) is 7.66. The van der Waals surface area contributed by atoms with Gasteiger partial charge in [-0.1, -0.05) is 19.1 Å². The van der Waals surface area contributed by atoms with Crippen LogP contribution in [0.25, 0.3) is 10.9 Å². The van der Waals surface area contributed by atoms with E-state index >= 15 is 0 Å². The van der Waals surface area contributed by atoms with Crippen LogP contribution < -0.4 is 10.6 Å². The van der Waals surface area contributed by atoms with Crippen LogP contribution in [0, 0.1) is 23.2 Å². The number of nitrogens with one attached hydrogen (secondary N) is 2. The number of rotatable bonds is 8. The highest BCUT2D eigenvalue weighted by molar-refractivity contribution is 6.06. The van der Waals surface area contributed by atoms with E-state index in [9.17, 15) is 4.79 Å². The molecule has 0 spiro atoms. The SMILES string of the molecule is CCNCCCc1ccc2c(C(=O)NCC34CC5CC(CC(C5)C3)C4)cccc2n1.Cl.Cl. The van der Waals surface area contributed by atoms with Gasteiger partial charge in [-0.05, 0) is 106 Å². The third kappa shape index (κ3) is 5.24. The second-order valence-electron chi connectivity index (χ2n) is 10.2. The number of carbonyl (C=O) groups excluding carboxylic acids is 1. The third-order valence-corrected chi connectivity index (χ3v) is 7.86. The number of amides is 1. The topological polar surface area (TPSA) is 54.0 Å². The molecule has 0 aliphatic heterocycles. The fraction of sp³-hybridized carbons (Fsp3) is 0.615. The van der Waals surface area contributed by atoms with Gasteiger partial charge in [-0.25, -0.2) is 0 Å². The van der Waals surface area contributed by atoms with Crippen molar-refractivity contribution in [2.45, 2.75) is 58.3 Å². The Kier molecular flexibility index (Phi) is 8.46. The van der Waals surface area contributed by atoms with Crippen LogP contribution in [0.1, 0.15) is 67.9 Å². The van der Waals surface area contributed by atoms with Gasteiger partial charge in [-0.2, -0.15) is 0 Å². The number of benzene rings is 1. The van der Waals surface area contributed by atoms with Crippen LogP contribution in [-0.2, 0) is 6.42 Å². The van der Waals surface area contributed by atoms with Crippen LogP contribution in [0.4, 0.5) is 0 Å². The van der Waals surface area contributed by atoms with E-state index in [2.05, 4.69) is 29.7 Å². The normalized spacial score (nSPS) is 27.6. The monoisotopic (exact) mass is 477 g/mol. The molecule has 1 amide bonds. The number of nitrogens with zero attached hydrogens (tertiary/aromatic N) is 1. The maximum Gasteiger partial charge on any atom is 0.251 e. The zero-order valence-electron chi connectivity index (χ0n) is 19.1. The summed E-state index contributed by atoms with van der Waals surface area (Å²) in [6.45, 7) is 5.00. The van der Waals surface area contributed by atoms with E-state index in [1.807, 2.05) is 18.2 Å². The summed E-state index contributed by atoms with van der Waals surface area (Å²) >= 11 is 0. The lowest BCUT2D eigenvalue weighted by Crippen LogP contribution is -2.51. The van der Waals surface area contributed by atoms with Crippen LogP contribution in [0.2, 0.25) is 0 Å². The number of fused-ring (bicyclic) bond motifs is 1. The Morgan fingerprint density at radius 1 is 1.03 bits per heavy atom. The van der Waals surface area contributed by atoms with Gasteiger partial charge in [0.15, 0.2) is 0 Å². The summed E-state index contributed by atoms with van der Waals surface area (Å²) < 4.78 is 0. The molecule has 0 saturated heterocycles. The summed E-state index contributed by atoms with van der Waals surface area (Å²) in [4.78, 5) is 18.0. The molecular weight excluding hydrogens is 441 g/mol. The molecule has 1 aromatic carbocycles. The Morgan fingerprint density at radius 2 is 1.72 bits per heavy atom. The van der Waals surface area contributed by atoms with E-state index in [1.54, 1.807) is 0 Å². The quantitative estimate of drug-likeness (QED) is 0.488. The molecule has 4 bridgehead atoms. The fourth-order valence-corrected chi connectivity index (χ4v) is 6.98. The second-order valence-corrected chi connectivity index (χ2v) is 10.2. The number of hydrogen-bond donors (Lipinski definition) is 2. The first-order valence-electron chi connectivity index (χ1n) is 12.0. The van der Waals surface area contributed by atoms with Gasteiger partial charge in [-0.15, -0.1) is 24.8 Å². The zero-order valence-corrected chi connectivity index (χ0v) is 20.7. The van der Waals surface area contributed by atoms with Crippen molar-refractivity contribution < 1.29 is 4.79 Å². The van der Waals surface area contributed by atoms with Crippen molar-refractivity contribution in [1.82, 2.24) is 15.6 Å². The standard InChI is InChI=1S/C26H35N3O.2ClH/c1-2-27-10-4-5-21-8-9-22-23(6-3-7-24(22)29-21)25(30)28-17-26-14-18-11-19(15-26)13-20(12-18)16-26;;/h3,6-9,18-20,27H,2,4-5,10-17H2,1H3,(H,28,30);2*1H. The Morgan fingerprint density at radius 3 is 2.38 bits per heavy atom. The molecule has 4 nitrogen and oxygen atoms in total. The van der Waals surface area contributed by atoms with Gasteiger partial charge in [0.05, 0.1) is 5.52 Å². The molecule has 2 N–H and O–H groups in total. The van der Waals surface area contributed by atoms with Crippen molar-refractivity contribution >= 4 is 41.6 Å². The number of hydrogen-bond acceptors (Lipinski definition) is 3. The summed E-state index contributed by atoms with van der Waals surface area (Å²) in [6.07, 6.45) is 10.4. The van der Waals surface area contributed by atoms with Gasteiger partial charge in [-0.3, -0.25) is 9.78 Å². The first-order valence-corrected chi connectivity index (χ1v) is 12.0. The lowest BCUT2D eigenvalue weighted by Gasteiger charge is -2.56. The van der Waals surface area contributed by atoms with Crippen LogP contribution >= 0.6 is 24.8 Å². The highest BCUT2D eigenvalue weighted by atomic mass is 35.5. The molecule has 0 unspecified atom stereocenters. The Bertz CT molecular complexity index is 897. The van der Waals surface area contributed by atoms with Gasteiger partial charge in [0.2, 0.25) is 0 Å². The van der Waals surface area contributed by atoms with Crippen LogP contribution in [-0.4, -0.2) is 30.5 Å². The van der Waals surface area contributed by atoms with E-state index in [4.69, 9.17) is 4.98 Å². The first-order chi connectivity index (χ1) is 14.6. The molecule has 1 aromatic heterocycles. The molecule has 1 heterocycles. The molecule has 4 aliphatic carbocycles. The van der Waals surface area contributed by atoms with Crippen molar-refractivity contribution in [1.29, 1.82) is 0 Å². The second kappa shape index (κ2) is 10.7. The van der Waals surface area contributed by atoms with Crippen molar-refractivity contribution in [3.05, 3.63) is 41.6 Å². The van der Waals surface area contributed by atoms with E-state index in [1.165, 1.54) is 38.5 Å². The summed E-state index contributed by atoms with van der Waals surface area (Å²) in [7, 11) is 0. The molecule has 4 fully saturated rings. The number of carbonyl (C=O) groups is 1. The minimum atomic E-state index is 0. The summed E-state index contributed by atoms with van der Waals surface area (Å²) in [5.41, 5.74) is 3.17. The van der Waals surface area contributed by atoms with Crippen molar-refractivity contribution in [2.75, 3.05) is 19.6 Å². The number of pyridine rings is 1. The molecule has 4 aliphatic rings. The lowest BCUT2D eigenvalue weighted by atomic mass is 9.49. The van der Waals surface area contributed by atoms with Crippen LogP contribution in [0.5, 0.6) is 0 Å². The van der Waals surface area contributed by atoms with Crippen molar-refractivity contribution in [2.24, 2.45) is 23.2 Å². The molecule has 6 rings (SSSR count). The number of halogens is 2. The summed E-state index contributed by atoms with van der Waals surface area (Å²) in [5.74, 6) is 2.82. The average molecular weight is 479 g/mol. The molecule has 176 valence electrons. The van der Waals surface area contributed by atoms with E-state index < -0.39 is 0 Å². The molecule has 4 saturated carbocycles. The highest BCUT2D eigenvalue weighted by Crippen LogP contribution is 2.59. The van der Waals surface area contributed by atoms with Gasteiger partial charge in [0, 0.05) is 23.2 Å². The lowest BCUT2D eigenvalue weighted by molar-refractivity contribution is -0.0503. The molecular formula is C26H37Cl2N3O. The zero-order chi connectivity index (χ0) is 20.6. The van der Waals surface area contributed by atoms with E-state index in [0.717, 1.165) is 72.4 Å².